The van der Waals surface area contributed by atoms with Gasteiger partial charge in [-0.2, -0.15) is 9.57 Å². The highest BCUT2D eigenvalue weighted by Crippen LogP contribution is 2.30. The fraction of sp³-hybridized carbons (Fsp3) is 0.409. The van der Waals surface area contributed by atoms with Gasteiger partial charge in [-0.15, -0.1) is 0 Å². The van der Waals surface area contributed by atoms with Crippen LogP contribution in [0.15, 0.2) is 42.5 Å². The summed E-state index contributed by atoms with van der Waals surface area (Å²) in [5.41, 5.74) is 1.62. The third kappa shape index (κ3) is 5.12. The van der Waals surface area contributed by atoms with Crippen molar-refractivity contribution in [2.75, 3.05) is 23.7 Å². The molecule has 0 amide bonds. The Kier molecular flexibility index (Phi) is 7.35. The molecule has 1 heterocycles. The Morgan fingerprint density at radius 1 is 1.30 bits per heavy atom. The van der Waals surface area contributed by atoms with Crippen LogP contribution < -0.4 is 4.90 Å². The first kappa shape index (κ1) is 22.5. The van der Waals surface area contributed by atoms with E-state index in [2.05, 4.69) is 0 Å². The number of nitrogens with zero attached hydrogens (tertiary/aromatic N) is 3. The first-order valence-electron chi connectivity index (χ1n) is 10.0. The molecule has 0 spiro atoms. The van der Waals surface area contributed by atoms with Crippen LogP contribution >= 0.6 is 11.6 Å². The van der Waals surface area contributed by atoms with Crippen LogP contribution in [0.4, 0.5) is 10.1 Å². The molecule has 2 aromatic carbocycles. The van der Waals surface area contributed by atoms with E-state index in [0.29, 0.717) is 42.1 Å². The number of benzene rings is 2. The lowest BCUT2D eigenvalue weighted by Crippen LogP contribution is -2.39. The second-order valence-electron chi connectivity index (χ2n) is 7.47. The summed E-state index contributed by atoms with van der Waals surface area (Å²) in [5.74, 6) is -0.167. The number of nitriles is 1. The van der Waals surface area contributed by atoms with Crippen molar-refractivity contribution in [1.29, 1.82) is 5.26 Å². The summed E-state index contributed by atoms with van der Waals surface area (Å²) in [6.45, 7) is 3.03. The van der Waals surface area contributed by atoms with Crippen molar-refractivity contribution in [3.8, 4) is 6.07 Å². The number of hydrogen-bond acceptors (Lipinski definition) is 4. The molecule has 0 aromatic heterocycles. The molecule has 1 saturated heterocycles. The average molecular weight is 450 g/mol. The summed E-state index contributed by atoms with van der Waals surface area (Å²) in [4.78, 5) is 1.99. The predicted molar refractivity (Wildman–Crippen MR) is 117 cm³/mol. The topological polar surface area (TPSA) is 64.4 Å². The lowest BCUT2D eigenvalue weighted by Gasteiger charge is -2.32. The Morgan fingerprint density at radius 2 is 2.07 bits per heavy atom. The molecule has 0 bridgehead atoms. The molecule has 2 aromatic rings. The van der Waals surface area contributed by atoms with E-state index in [9.17, 15) is 12.8 Å². The van der Waals surface area contributed by atoms with Crippen molar-refractivity contribution in [1.82, 2.24) is 4.31 Å². The Balaban J connectivity index is 1.90. The first-order chi connectivity index (χ1) is 14.4. The van der Waals surface area contributed by atoms with Gasteiger partial charge in [0, 0.05) is 36.9 Å². The van der Waals surface area contributed by atoms with Crippen LogP contribution in [0.5, 0.6) is 0 Å². The van der Waals surface area contributed by atoms with Crippen LogP contribution in [0.3, 0.4) is 0 Å². The quantitative estimate of drug-likeness (QED) is 0.592. The van der Waals surface area contributed by atoms with Gasteiger partial charge in [-0.25, -0.2) is 12.8 Å². The van der Waals surface area contributed by atoms with Gasteiger partial charge in [0.15, 0.2) is 0 Å². The lowest BCUT2D eigenvalue weighted by molar-refractivity contribution is 0.466. The van der Waals surface area contributed by atoms with Gasteiger partial charge in [0.05, 0.1) is 16.3 Å². The summed E-state index contributed by atoms with van der Waals surface area (Å²) in [6, 6.07) is 13.6. The SMILES string of the molecule is CCCCS(=O)(=O)N1CC[C@H](N(Cc2ccccc2F)c2ccc(C#N)c(Cl)c2)C1. The van der Waals surface area contributed by atoms with Gasteiger partial charge in [-0.05, 0) is 37.1 Å². The fourth-order valence-electron chi connectivity index (χ4n) is 3.69. The van der Waals surface area contributed by atoms with Gasteiger partial charge in [0.25, 0.3) is 0 Å². The number of sulfonamides is 1. The molecular formula is C22H25ClFN3O2S. The number of anilines is 1. The molecule has 0 unspecified atom stereocenters. The maximum atomic E-state index is 14.4. The minimum Gasteiger partial charge on any atom is -0.363 e. The molecule has 1 aliphatic heterocycles. The van der Waals surface area contributed by atoms with E-state index in [1.807, 2.05) is 17.9 Å². The van der Waals surface area contributed by atoms with Crippen LogP contribution in [0.1, 0.15) is 37.3 Å². The minimum atomic E-state index is -3.31. The Bertz CT molecular complexity index is 1040. The Hall–Kier alpha value is -2.14. The number of unbranched alkanes of at least 4 members (excludes halogenated alkanes) is 1. The van der Waals surface area contributed by atoms with Crippen molar-refractivity contribution in [3.05, 3.63) is 64.4 Å². The molecular weight excluding hydrogens is 425 g/mol. The number of hydrogen-bond donors (Lipinski definition) is 0. The lowest BCUT2D eigenvalue weighted by atomic mass is 10.1. The predicted octanol–water partition coefficient (Wildman–Crippen LogP) is 4.56. The van der Waals surface area contributed by atoms with Crippen LogP contribution in [0.2, 0.25) is 5.02 Å². The molecule has 5 nitrogen and oxygen atoms in total. The molecule has 1 fully saturated rings. The zero-order valence-corrected chi connectivity index (χ0v) is 18.5. The van der Waals surface area contributed by atoms with Crippen LogP contribution in [0.25, 0.3) is 0 Å². The molecule has 0 N–H and O–H groups in total. The second kappa shape index (κ2) is 9.78. The summed E-state index contributed by atoms with van der Waals surface area (Å²) >= 11 is 6.24. The van der Waals surface area contributed by atoms with Gasteiger partial charge in [-0.3, -0.25) is 0 Å². The second-order valence-corrected chi connectivity index (χ2v) is 9.96. The van der Waals surface area contributed by atoms with Crippen molar-refractivity contribution >= 4 is 27.3 Å². The highest BCUT2D eigenvalue weighted by atomic mass is 35.5. The standard InChI is InChI=1S/C22H25ClFN3O2S/c1-2-3-12-30(28,29)26-11-10-20(16-26)27(15-18-6-4-5-7-22(18)24)19-9-8-17(14-25)21(23)13-19/h4-9,13,20H,2-3,10-12,15-16H2,1H3/t20-/m0/s1. The van der Waals surface area contributed by atoms with Crippen LogP contribution in [-0.4, -0.2) is 37.6 Å². The first-order valence-corrected chi connectivity index (χ1v) is 12.0. The van der Waals surface area contributed by atoms with E-state index in [4.69, 9.17) is 16.9 Å². The van der Waals surface area contributed by atoms with E-state index >= 15 is 0 Å². The molecule has 0 radical (unpaired) electrons. The van der Waals surface area contributed by atoms with E-state index < -0.39 is 10.0 Å². The normalized spacial score (nSPS) is 17.1. The Morgan fingerprint density at radius 3 is 2.73 bits per heavy atom. The number of halogens is 2. The molecule has 0 saturated carbocycles. The Labute approximate surface area is 182 Å². The molecule has 30 heavy (non-hydrogen) atoms. The highest BCUT2D eigenvalue weighted by Gasteiger charge is 2.34. The van der Waals surface area contributed by atoms with Crippen molar-refractivity contribution in [3.63, 3.8) is 0 Å². The largest absolute Gasteiger partial charge is 0.363 e. The highest BCUT2D eigenvalue weighted by molar-refractivity contribution is 7.89. The van der Waals surface area contributed by atoms with Crippen LogP contribution in [-0.2, 0) is 16.6 Å². The maximum absolute atomic E-state index is 14.4. The smallest absolute Gasteiger partial charge is 0.214 e. The van der Waals surface area contributed by atoms with E-state index in [1.54, 1.807) is 36.4 Å². The maximum Gasteiger partial charge on any atom is 0.214 e. The zero-order chi connectivity index (χ0) is 21.7. The number of rotatable bonds is 8. The van der Waals surface area contributed by atoms with Crippen LogP contribution in [0, 0.1) is 17.1 Å². The monoisotopic (exact) mass is 449 g/mol. The van der Waals surface area contributed by atoms with Gasteiger partial charge in [-0.1, -0.05) is 43.1 Å². The van der Waals surface area contributed by atoms with E-state index in [1.165, 1.54) is 10.4 Å². The van der Waals surface area contributed by atoms with Gasteiger partial charge < -0.3 is 4.90 Å². The molecule has 1 aliphatic rings. The van der Waals surface area contributed by atoms with Crippen molar-refractivity contribution in [2.45, 2.75) is 38.8 Å². The molecule has 1 atom stereocenters. The molecule has 0 aliphatic carbocycles. The van der Waals surface area contributed by atoms with Gasteiger partial charge >= 0.3 is 0 Å². The van der Waals surface area contributed by atoms with E-state index in [0.717, 1.165) is 12.1 Å². The zero-order valence-electron chi connectivity index (χ0n) is 16.9. The van der Waals surface area contributed by atoms with Crippen molar-refractivity contribution < 1.29 is 12.8 Å². The average Bonchev–Trinajstić information content (AvgIpc) is 3.22. The van der Waals surface area contributed by atoms with Crippen molar-refractivity contribution in [2.24, 2.45) is 0 Å². The molecule has 160 valence electrons. The summed E-state index contributed by atoms with van der Waals surface area (Å²) in [5, 5.41) is 9.47. The van der Waals surface area contributed by atoms with Gasteiger partial charge in [0.2, 0.25) is 10.0 Å². The summed E-state index contributed by atoms with van der Waals surface area (Å²) in [6.07, 6.45) is 2.09. The molecule has 3 rings (SSSR count). The third-order valence-electron chi connectivity index (χ3n) is 5.42. The fourth-order valence-corrected chi connectivity index (χ4v) is 5.60. The van der Waals surface area contributed by atoms with Gasteiger partial charge in [0.1, 0.15) is 11.9 Å². The summed E-state index contributed by atoms with van der Waals surface area (Å²) < 4.78 is 41.2. The van der Waals surface area contributed by atoms with E-state index in [-0.39, 0.29) is 24.2 Å². The summed E-state index contributed by atoms with van der Waals surface area (Å²) in [7, 11) is -3.31. The third-order valence-corrected chi connectivity index (χ3v) is 7.66. The molecule has 8 heteroatoms. The minimum absolute atomic E-state index is 0.120.